The number of nitrogens with zero attached hydrogens (tertiary/aromatic N) is 1. The number of aromatic nitrogens is 1. The van der Waals surface area contributed by atoms with Gasteiger partial charge in [0.1, 0.15) is 0 Å². The Morgan fingerprint density at radius 2 is 1.88 bits per heavy atom. The Labute approximate surface area is 97.5 Å². The molecule has 3 heteroatoms. The van der Waals surface area contributed by atoms with Crippen molar-refractivity contribution in [2.75, 3.05) is 7.05 Å². The van der Waals surface area contributed by atoms with Gasteiger partial charge < -0.3 is 11.1 Å². The summed E-state index contributed by atoms with van der Waals surface area (Å²) < 4.78 is 0. The van der Waals surface area contributed by atoms with Crippen LogP contribution in [-0.2, 0) is 0 Å². The molecule has 16 heavy (non-hydrogen) atoms. The normalized spacial score (nSPS) is 27.6. The molecule has 2 rings (SSSR count). The molecule has 3 nitrogen and oxygen atoms in total. The van der Waals surface area contributed by atoms with Crippen molar-refractivity contribution in [1.29, 1.82) is 0 Å². The lowest BCUT2D eigenvalue weighted by Gasteiger charge is -2.32. The zero-order valence-corrected chi connectivity index (χ0v) is 9.89. The maximum Gasteiger partial charge on any atom is 0.0347 e. The van der Waals surface area contributed by atoms with Gasteiger partial charge in [0.25, 0.3) is 0 Å². The molecule has 0 aliphatic heterocycles. The topological polar surface area (TPSA) is 50.9 Å². The molecule has 0 aromatic carbocycles. The highest BCUT2D eigenvalue weighted by Crippen LogP contribution is 2.33. The minimum atomic E-state index is 0.422. The molecule has 1 aromatic rings. The van der Waals surface area contributed by atoms with Crippen molar-refractivity contribution in [2.24, 2.45) is 11.7 Å². The molecule has 0 radical (unpaired) electrons. The Bertz CT molecular complexity index is 304. The van der Waals surface area contributed by atoms with E-state index in [1.807, 2.05) is 19.4 Å². The molecule has 3 N–H and O–H groups in total. The van der Waals surface area contributed by atoms with Gasteiger partial charge in [-0.15, -0.1) is 0 Å². The minimum Gasteiger partial charge on any atom is -0.328 e. The molecule has 0 spiro atoms. The van der Waals surface area contributed by atoms with Crippen LogP contribution in [0.15, 0.2) is 24.5 Å². The Morgan fingerprint density at radius 1 is 1.25 bits per heavy atom. The van der Waals surface area contributed by atoms with Gasteiger partial charge >= 0.3 is 0 Å². The average molecular weight is 219 g/mol. The van der Waals surface area contributed by atoms with Gasteiger partial charge in [0.15, 0.2) is 0 Å². The number of nitrogens with two attached hydrogens (primary N) is 1. The molecular weight excluding hydrogens is 198 g/mol. The molecule has 1 aliphatic rings. The van der Waals surface area contributed by atoms with E-state index in [-0.39, 0.29) is 0 Å². The Morgan fingerprint density at radius 3 is 2.44 bits per heavy atom. The summed E-state index contributed by atoms with van der Waals surface area (Å²) >= 11 is 0. The van der Waals surface area contributed by atoms with Gasteiger partial charge in [-0.2, -0.15) is 0 Å². The molecule has 1 saturated carbocycles. The zero-order chi connectivity index (χ0) is 11.4. The van der Waals surface area contributed by atoms with Crippen molar-refractivity contribution < 1.29 is 0 Å². The number of rotatable bonds is 3. The van der Waals surface area contributed by atoms with Crippen LogP contribution in [0.4, 0.5) is 0 Å². The van der Waals surface area contributed by atoms with Gasteiger partial charge in [-0.25, -0.2) is 0 Å². The highest BCUT2D eigenvalue weighted by atomic mass is 14.9. The van der Waals surface area contributed by atoms with Gasteiger partial charge in [-0.05, 0) is 56.3 Å². The van der Waals surface area contributed by atoms with E-state index in [0.29, 0.717) is 18.0 Å². The number of pyridine rings is 1. The van der Waals surface area contributed by atoms with E-state index in [9.17, 15) is 0 Å². The molecule has 1 unspecified atom stereocenters. The van der Waals surface area contributed by atoms with E-state index in [4.69, 9.17) is 5.73 Å². The Hall–Kier alpha value is -0.930. The second-order valence-corrected chi connectivity index (χ2v) is 4.72. The molecule has 88 valence electrons. The lowest BCUT2D eigenvalue weighted by molar-refractivity contribution is 0.262. The van der Waals surface area contributed by atoms with Crippen molar-refractivity contribution in [3.8, 4) is 0 Å². The zero-order valence-electron chi connectivity index (χ0n) is 9.89. The van der Waals surface area contributed by atoms with E-state index in [1.165, 1.54) is 18.4 Å². The molecule has 0 bridgehead atoms. The third kappa shape index (κ3) is 2.60. The summed E-state index contributed by atoms with van der Waals surface area (Å²) in [6.07, 6.45) is 8.52. The fourth-order valence-electron chi connectivity index (χ4n) is 2.72. The fraction of sp³-hybridized carbons (Fsp3) is 0.615. The summed E-state index contributed by atoms with van der Waals surface area (Å²) in [5.41, 5.74) is 7.29. The van der Waals surface area contributed by atoms with Crippen molar-refractivity contribution in [2.45, 2.75) is 37.8 Å². The van der Waals surface area contributed by atoms with Crippen LogP contribution in [0.3, 0.4) is 0 Å². The van der Waals surface area contributed by atoms with Gasteiger partial charge in [0.2, 0.25) is 0 Å². The van der Waals surface area contributed by atoms with Gasteiger partial charge in [-0.1, -0.05) is 0 Å². The average Bonchev–Trinajstić information content (AvgIpc) is 2.34. The molecule has 1 fully saturated rings. The van der Waals surface area contributed by atoms with Crippen LogP contribution in [0.1, 0.15) is 37.3 Å². The molecule has 0 saturated heterocycles. The molecular formula is C13H21N3. The lowest BCUT2D eigenvalue weighted by atomic mass is 9.79. The van der Waals surface area contributed by atoms with E-state index < -0.39 is 0 Å². The highest BCUT2D eigenvalue weighted by molar-refractivity contribution is 5.16. The maximum absolute atomic E-state index is 5.95. The number of hydrogen-bond donors (Lipinski definition) is 2. The SMILES string of the molecule is CNC(c1ccncc1)C1CCC(N)CC1. The quantitative estimate of drug-likeness (QED) is 0.816. The third-order valence-electron chi connectivity index (χ3n) is 3.66. The summed E-state index contributed by atoms with van der Waals surface area (Å²) in [7, 11) is 2.04. The lowest BCUT2D eigenvalue weighted by Crippen LogP contribution is -2.33. The standard InChI is InChI=1S/C13H21N3/c1-15-13(11-6-8-16-9-7-11)10-2-4-12(14)5-3-10/h6-10,12-13,15H,2-5,14H2,1H3. The first-order valence-electron chi connectivity index (χ1n) is 6.14. The van der Waals surface area contributed by atoms with Crippen LogP contribution in [0.2, 0.25) is 0 Å². The Kier molecular flexibility index (Phi) is 3.91. The van der Waals surface area contributed by atoms with Crippen molar-refractivity contribution in [1.82, 2.24) is 10.3 Å². The van der Waals surface area contributed by atoms with E-state index >= 15 is 0 Å². The van der Waals surface area contributed by atoms with Crippen molar-refractivity contribution in [3.05, 3.63) is 30.1 Å². The number of nitrogens with one attached hydrogen (secondary N) is 1. The summed E-state index contributed by atoms with van der Waals surface area (Å²) in [6, 6.07) is 5.09. The first-order valence-corrected chi connectivity index (χ1v) is 6.14. The second-order valence-electron chi connectivity index (χ2n) is 4.72. The minimum absolute atomic E-state index is 0.422. The first kappa shape index (κ1) is 11.6. The van der Waals surface area contributed by atoms with Crippen molar-refractivity contribution >= 4 is 0 Å². The maximum atomic E-state index is 5.95. The molecule has 1 aromatic heterocycles. The third-order valence-corrected chi connectivity index (χ3v) is 3.66. The molecule has 1 aliphatic carbocycles. The predicted molar refractivity (Wildman–Crippen MR) is 66.0 cm³/mol. The van der Waals surface area contributed by atoms with Crippen LogP contribution < -0.4 is 11.1 Å². The summed E-state index contributed by atoms with van der Waals surface area (Å²) in [6.45, 7) is 0. The molecule has 0 amide bonds. The van der Waals surface area contributed by atoms with Crippen LogP contribution >= 0.6 is 0 Å². The summed E-state index contributed by atoms with van der Waals surface area (Å²) in [5, 5.41) is 3.43. The van der Waals surface area contributed by atoms with E-state index in [2.05, 4.69) is 22.4 Å². The van der Waals surface area contributed by atoms with E-state index in [1.54, 1.807) is 0 Å². The first-order chi connectivity index (χ1) is 7.81. The van der Waals surface area contributed by atoms with Crippen LogP contribution in [0.25, 0.3) is 0 Å². The Balaban J connectivity index is 2.05. The monoisotopic (exact) mass is 219 g/mol. The van der Waals surface area contributed by atoms with E-state index in [0.717, 1.165) is 12.8 Å². The number of hydrogen-bond acceptors (Lipinski definition) is 3. The summed E-state index contributed by atoms with van der Waals surface area (Å²) in [4.78, 5) is 4.07. The predicted octanol–water partition coefficient (Wildman–Crippen LogP) is 1.86. The van der Waals surface area contributed by atoms with Gasteiger partial charge in [-0.3, -0.25) is 4.98 Å². The smallest absolute Gasteiger partial charge is 0.0347 e. The van der Waals surface area contributed by atoms with Crippen LogP contribution in [-0.4, -0.2) is 18.1 Å². The van der Waals surface area contributed by atoms with Crippen LogP contribution in [0.5, 0.6) is 0 Å². The second kappa shape index (κ2) is 5.41. The van der Waals surface area contributed by atoms with Gasteiger partial charge in [0, 0.05) is 24.5 Å². The largest absolute Gasteiger partial charge is 0.328 e. The summed E-state index contributed by atoms with van der Waals surface area (Å²) in [5.74, 6) is 0.715. The molecule has 1 heterocycles. The fourth-order valence-corrected chi connectivity index (χ4v) is 2.72. The van der Waals surface area contributed by atoms with Crippen molar-refractivity contribution in [3.63, 3.8) is 0 Å². The molecule has 1 atom stereocenters. The highest BCUT2D eigenvalue weighted by Gasteiger charge is 2.26. The van der Waals surface area contributed by atoms with Crippen LogP contribution in [0, 0.1) is 5.92 Å². The van der Waals surface area contributed by atoms with Gasteiger partial charge in [0.05, 0.1) is 0 Å².